The zero-order chi connectivity index (χ0) is 31.3. The van der Waals surface area contributed by atoms with Crippen LogP contribution in [0.2, 0.25) is 0 Å². The molecule has 11 heteroatoms. The van der Waals surface area contributed by atoms with E-state index in [0.717, 1.165) is 24.8 Å². The van der Waals surface area contributed by atoms with Crippen molar-refractivity contribution in [3.05, 3.63) is 76.9 Å². The van der Waals surface area contributed by atoms with Crippen molar-refractivity contribution in [2.24, 2.45) is 5.73 Å². The Kier molecular flexibility index (Phi) is 10.1. The van der Waals surface area contributed by atoms with Crippen LogP contribution in [0, 0.1) is 11.3 Å². The summed E-state index contributed by atoms with van der Waals surface area (Å²) in [7, 11) is -3.90. The number of rotatable bonds is 11. The van der Waals surface area contributed by atoms with E-state index in [4.69, 9.17) is 10.5 Å². The highest BCUT2D eigenvalue weighted by Gasteiger charge is 2.50. The first-order valence-electron chi connectivity index (χ1n) is 14.7. The van der Waals surface area contributed by atoms with Gasteiger partial charge in [0, 0.05) is 13.1 Å². The second-order valence-corrected chi connectivity index (χ2v) is 13.5. The molecule has 43 heavy (non-hydrogen) atoms. The maximum absolute atomic E-state index is 14.1. The number of hydrogen-bond donors (Lipinski definition) is 3. The first-order valence-corrected chi connectivity index (χ1v) is 16.2. The van der Waals surface area contributed by atoms with E-state index in [0.29, 0.717) is 29.5 Å². The minimum absolute atomic E-state index is 0.0496. The van der Waals surface area contributed by atoms with Gasteiger partial charge in [0.05, 0.1) is 40.8 Å². The molecule has 0 unspecified atom stereocenters. The second-order valence-electron chi connectivity index (χ2n) is 11.8. The third-order valence-corrected chi connectivity index (χ3v) is 9.74. The predicted octanol–water partition coefficient (Wildman–Crippen LogP) is 3.19. The van der Waals surface area contributed by atoms with Crippen molar-refractivity contribution in [1.82, 2.24) is 14.9 Å². The zero-order valence-corrected chi connectivity index (χ0v) is 25.9. The smallest absolute Gasteiger partial charge is 0.247 e. The molecule has 0 saturated heterocycles. The second kappa shape index (κ2) is 13.4. The third-order valence-electron chi connectivity index (χ3n) is 8.06. The summed E-state index contributed by atoms with van der Waals surface area (Å²) in [6.45, 7) is 5.42. The summed E-state index contributed by atoms with van der Waals surface area (Å²) >= 11 is 0. The van der Waals surface area contributed by atoms with E-state index in [2.05, 4.69) is 16.1 Å². The quantitative estimate of drug-likeness (QED) is 0.354. The number of nitrogens with one attached hydrogen (secondary N) is 2. The van der Waals surface area contributed by atoms with Crippen molar-refractivity contribution in [2.45, 2.75) is 76.6 Å². The van der Waals surface area contributed by atoms with Gasteiger partial charge in [-0.05, 0) is 62.4 Å². The predicted molar refractivity (Wildman–Crippen MR) is 164 cm³/mol. The minimum Gasteiger partial charge on any atom is -0.374 e. The molecule has 1 saturated carbocycles. The van der Waals surface area contributed by atoms with Crippen LogP contribution in [0.4, 0.5) is 0 Å². The summed E-state index contributed by atoms with van der Waals surface area (Å²) in [5.74, 6) is -0.897. The highest BCUT2D eigenvalue weighted by Crippen LogP contribution is 2.45. The highest BCUT2D eigenvalue weighted by molar-refractivity contribution is 7.99. The molecule has 2 aromatic carbocycles. The Morgan fingerprint density at radius 2 is 1.77 bits per heavy atom. The van der Waals surface area contributed by atoms with Gasteiger partial charge in [-0.3, -0.25) is 9.59 Å². The number of nitrogens with zero attached hydrogens (tertiary/aromatic N) is 2. The largest absolute Gasteiger partial charge is 0.374 e. The number of amides is 2. The summed E-state index contributed by atoms with van der Waals surface area (Å²) in [6, 6.07) is 17.0. The molecule has 1 atom stereocenters. The molecule has 10 nitrogen and oxygen atoms in total. The summed E-state index contributed by atoms with van der Waals surface area (Å²) in [6.07, 6.45) is 3.94. The number of benzene rings is 2. The molecular formula is C32H41N5O5S. The molecule has 1 heterocycles. The molecule has 2 aliphatic rings. The topological polar surface area (TPSA) is 155 Å². The van der Waals surface area contributed by atoms with Crippen LogP contribution < -0.4 is 15.8 Å². The standard InChI is InChI=1S/C32H41N5O5S/c1-4-37(29(38)27(35-30(39)31(2,3)34)22-42-21-24-11-7-5-8-12-24)20-26-28(25-15-13-23(19-33)14-16-25)43(40,41)36-32(26)17-9-6-10-18-32/h5,7-8,11-16,27,36H,4,6,9-10,17-18,20-22,34H2,1-3H3,(H,35,39)/t27-/m1/s1. The molecule has 4 rings (SSSR count). The summed E-state index contributed by atoms with van der Waals surface area (Å²) < 4.78 is 36.2. The SMILES string of the molecule is CCN(CC1=C(c2ccc(C#N)cc2)S(=O)(=O)NC12CCCCC2)C(=O)[C@@H](COCc1ccccc1)NC(=O)C(C)(C)N. The number of likely N-dealkylation sites (N-methyl/N-ethyl adjacent to an activating group) is 1. The zero-order valence-electron chi connectivity index (χ0n) is 25.1. The lowest BCUT2D eigenvalue weighted by molar-refractivity contribution is -0.139. The van der Waals surface area contributed by atoms with E-state index in [9.17, 15) is 23.3 Å². The van der Waals surface area contributed by atoms with E-state index in [1.54, 1.807) is 43.0 Å². The van der Waals surface area contributed by atoms with E-state index in [-0.39, 0.29) is 31.2 Å². The molecule has 0 bridgehead atoms. The molecule has 230 valence electrons. The van der Waals surface area contributed by atoms with Crippen molar-refractivity contribution in [3.8, 4) is 6.07 Å². The molecule has 0 radical (unpaired) electrons. The van der Waals surface area contributed by atoms with Gasteiger partial charge < -0.3 is 20.7 Å². The van der Waals surface area contributed by atoms with E-state index in [1.807, 2.05) is 37.3 Å². The fourth-order valence-electron chi connectivity index (χ4n) is 5.70. The van der Waals surface area contributed by atoms with Crippen molar-refractivity contribution in [3.63, 3.8) is 0 Å². The van der Waals surface area contributed by atoms with Crippen molar-refractivity contribution < 1.29 is 22.7 Å². The van der Waals surface area contributed by atoms with Gasteiger partial charge in [-0.1, -0.05) is 61.7 Å². The molecule has 2 aromatic rings. The van der Waals surface area contributed by atoms with E-state index in [1.165, 1.54) is 0 Å². The third kappa shape index (κ3) is 7.51. The summed E-state index contributed by atoms with van der Waals surface area (Å²) in [5, 5.41) is 12.0. The van der Waals surface area contributed by atoms with Gasteiger partial charge >= 0.3 is 0 Å². The Hall–Kier alpha value is -3.56. The van der Waals surface area contributed by atoms with Crippen LogP contribution in [0.1, 0.15) is 69.6 Å². The van der Waals surface area contributed by atoms with Gasteiger partial charge in [-0.15, -0.1) is 0 Å². The lowest BCUT2D eigenvalue weighted by atomic mass is 9.76. The van der Waals surface area contributed by atoms with Gasteiger partial charge in [-0.25, -0.2) is 13.1 Å². The Bertz CT molecular complexity index is 1490. The monoisotopic (exact) mass is 607 g/mol. The van der Waals surface area contributed by atoms with Gasteiger partial charge in [-0.2, -0.15) is 5.26 Å². The maximum atomic E-state index is 14.1. The number of carbonyl (C=O) groups excluding carboxylic acids is 2. The van der Waals surface area contributed by atoms with Crippen LogP contribution in [-0.4, -0.2) is 61.9 Å². The number of nitriles is 1. The number of carbonyl (C=O) groups is 2. The van der Waals surface area contributed by atoms with Crippen LogP contribution in [0.15, 0.2) is 60.2 Å². The van der Waals surface area contributed by atoms with Crippen LogP contribution in [0.25, 0.3) is 4.91 Å². The first kappa shape index (κ1) is 32.4. The first-order chi connectivity index (χ1) is 20.4. The van der Waals surface area contributed by atoms with Gasteiger partial charge in [0.1, 0.15) is 6.04 Å². The van der Waals surface area contributed by atoms with Gasteiger partial charge in [0.2, 0.25) is 21.8 Å². The Balaban J connectivity index is 1.69. The fourth-order valence-corrected chi connectivity index (χ4v) is 7.68. The maximum Gasteiger partial charge on any atom is 0.247 e. The van der Waals surface area contributed by atoms with Crippen LogP contribution in [0.5, 0.6) is 0 Å². The lowest BCUT2D eigenvalue weighted by Crippen LogP contribution is -2.58. The van der Waals surface area contributed by atoms with E-state index < -0.39 is 39.0 Å². The van der Waals surface area contributed by atoms with Crippen molar-refractivity contribution in [2.75, 3.05) is 19.7 Å². The fraction of sp³-hybridized carbons (Fsp3) is 0.469. The molecule has 1 aliphatic carbocycles. The van der Waals surface area contributed by atoms with Crippen LogP contribution in [-0.2, 0) is 31.0 Å². The Labute approximate surface area is 254 Å². The number of hydrogen-bond acceptors (Lipinski definition) is 7. The van der Waals surface area contributed by atoms with Crippen LogP contribution >= 0.6 is 0 Å². The normalized spacial score (nSPS) is 18.2. The molecule has 0 aromatic heterocycles. The molecule has 1 aliphatic heterocycles. The van der Waals surface area contributed by atoms with Gasteiger partial charge in [0.15, 0.2) is 0 Å². The average molecular weight is 608 g/mol. The molecule has 4 N–H and O–H groups in total. The number of sulfonamides is 1. The number of nitrogens with two attached hydrogens (primary N) is 1. The molecular weight excluding hydrogens is 566 g/mol. The van der Waals surface area contributed by atoms with Crippen molar-refractivity contribution in [1.29, 1.82) is 5.26 Å². The lowest BCUT2D eigenvalue weighted by Gasteiger charge is -2.38. The summed E-state index contributed by atoms with van der Waals surface area (Å²) in [4.78, 5) is 28.7. The van der Waals surface area contributed by atoms with Crippen molar-refractivity contribution >= 4 is 26.7 Å². The number of ether oxygens (including phenoxy) is 1. The van der Waals surface area contributed by atoms with Crippen LogP contribution in [0.3, 0.4) is 0 Å². The highest BCUT2D eigenvalue weighted by atomic mass is 32.2. The average Bonchev–Trinajstić information content (AvgIpc) is 3.19. The Morgan fingerprint density at radius 3 is 2.35 bits per heavy atom. The van der Waals surface area contributed by atoms with Gasteiger partial charge in [0.25, 0.3) is 0 Å². The van der Waals surface area contributed by atoms with E-state index >= 15 is 0 Å². The molecule has 1 spiro atoms. The molecule has 2 amide bonds. The Morgan fingerprint density at radius 1 is 1.12 bits per heavy atom. The molecule has 1 fully saturated rings. The summed E-state index contributed by atoms with van der Waals surface area (Å²) in [5.41, 5.74) is 6.43. The minimum atomic E-state index is -3.90.